The van der Waals surface area contributed by atoms with Crippen LogP contribution < -0.4 is 4.72 Å². The number of halogens is 1. The van der Waals surface area contributed by atoms with Gasteiger partial charge in [-0.2, -0.15) is 0 Å². The van der Waals surface area contributed by atoms with Gasteiger partial charge in [0.25, 0.3) is 0 Å². The first-order valence-electron chi connectivity index (χ1n) is 17.4. The summed E-state index contributed by atoms with van der Waals surface area (Å²) in [6.45, 7) is 5.70. The van der Waals surface area contributed by atoms with Gasteiger partial charge >= 0.3 is 12.1 Å². The lowest BCUT2D eigenvalue weighted by molar-refractivity contribution is -0.157. The van der Waals surface area contributed by atoms with Crippen LogP contribution in [0.2, 0.25) is 0 Å². The molecule has 7 rings (SSSR count). The first-order valence-corrected chi connectivity index (χ1v) is 19.0. The Morgan fingerprint density at radius 1 is 1.14 bits per heavy atom. The molecule has 0 aromatic heterocycles. The molecule has 7 atom stereocenters. The van der Waals surface area contributed by atoms with Gasteiger partial charge in [0.1, 0.15) is 24.1 Å². The van der Waals surface area contributed by atoms with E-state index in [9.17, 15) is 41.6 Å². The van der Waals surface area contributed by atoms with E-state index in [2.05, 4.69) is 11.3 Å². The molecule has 51 heavy (non-hydrogen) atoms. The van der Waals surface area contributed by atoms with E-state index in [0.29, 0.717) is 36.9 Å². The topological polar surface area (TPSA) is 177 Å². The molecule has 4 aliphatic heterocycles. The number of morpholine rings is 1. The fourth-order valence-corrected chi connectivity index (χ4v) is 9.37. The second-order valence-corrected chi connectivity index (χ2v) is 16.8. The van der Waals surface area contributed by atoms with Gasteiger partial charge in [-0.25, -0.2) is 22.4 Å². The van der Waals surface area contributed by atoms with Crippen molar-refractivity contribution in [2.75, 3.05) is 13.1 Å². The number of ketones is 1. The molecule has 0 radical (unpaired) electrons. The predicted octanol–water partition coefficient (Wildman–Crippen LogP) is 1.95. The van der Waals surface area contributed by atoms with Crippen molar-refractivity contribution in [3.63, 3.8) is 0 Å². The SMILES string of the molecule is C=C[C@@H]1C[C@]1(CC(=O)[C@@H]1CC(OC(=O)N2Cc3cccc(F)c3C2)CN1C(=O)[C@@H](C)CCC(=O)N1C[C@@H]2C[C@H]1C(=O)O2)C(=O)NS(=O)(=O)C1CC1. The maximum absolute atomic E-state index is 14.4. The highest BCUT2D eigenvalue weighted by atomic mass is 32.2. The lowest BCUT2D eigenvalue weighted by Gasteiger charge is -2.29. The largest absolute Gasteiger partial charge is 0.459 e. The Hall–Kier alpha value is -4.34. The Kier molecular flexibility index (Phi) is 8.95. The van der Waals surface area contributed by atoms with Gasteiger partial charge in [0, 0.05) is 43.7 Å². The number of carbonyl (C=O) groups is 6. The maximum Gasteiger partial charge on any atom is 0.410 e. The summed E-state index contributed by atoms with van der Waals surface area (Å²) in [6.07, 6.45) is 0.823. The molecule has 5 fully saturated rings. The lowest BCUT2D eigenvalue weighted by atomic mass is 9.91. The van der Waals surface area contributed by atoms with Gasteiger partial charge in [0.05, 0.1) is 36.3 Å². The maximum atomic E-state index is 14.4. The molecular weight excluding hydrogens is 687 g/mol. The van der Waals surface area contributed by atoms with Crippen LogP contribution in [-0.4, -0.2) is 101 Å². The van der Waals surface area contributed by atoms with Crippen LogP contribution in [0.15, 0.2) is 30.9 Å². The van der Waals surface area contributed by atoms with E-state index in [-0.39, 0.29) is 63.7 Å². The Labute approximate surface area is 294 Å². The molecule has 1 aromatic rings. The molecule has 2 saturated carbocycles. The number of amides is 4. The number of likely N-dealkylation sites (tertiary alicyclic amines) is 2. The average Bonchev–Trinajstić information content (AvgIpc) is 3.84. The molecule has 3 saturated heterocycles. The fraction of sp³-hybridized carbons (Fsp3) is 0.600. The minimum Gasteiger partial charge on any atom is -0.459 e. The van der Waals surface area contributed by atoms with E-state index in [1.54, 1.807) is 19.1 Å². The number of hydrogen-bond acceptors (Lipinski definition) is 10. The normalized spacial score (nSPS) is 29.7. The summed E-state index contributed by atoms with van der Waals surface area (Å²) in [5.74, 6) is -4.05. The summed E-state index contributed by atoms with van der Waals surface area (Å²) in [5, 5.41) is -0.642. The van der Waals surface area contributed by atoms with Gasteiger partial charge in [-0.15, -0.1) is 6.58 Å². The molecule has 4 amide bonds. The monoisotopic (exact) mass is 728 g/mol. The minimum atomic E-state index is -3.88. The number of ether oxygens (including phenoxy) is 2. The zero-order valence-corrected chi connectivity index (χ0v) is 29.1. The Bertz CT molecular complexity index is 1820. The van der Waals surface area contributed by atoms with Crippen molar-refractivity contribution in [3.05, 3.63) is 47.8 Å². The van der Waals surface area contributed by atoms with Crippen LogP contribution in [0.5, 0.6) is 0 Å². The van der Waals surface area contributed by atoms with Gasteiger partial charge < -0.3 is 19.3 Å². The number of nitrogens with one attached hydrogen (secondary N) is 1. The average molecular weight is 729 g/mol. The third-order valence-corrected chi connectivity index (χ3v) is 13.1. The fourth-order valence-electron chi connectivity index (χ4n) is 7.98. The van der Waals surface area contributed by atoms with Crippen LogP contribution in [0, 0.1) is 23.1 Å². The number of fused-ring (bicyclic) bond motifs is 3. The lowest BCUT2D eigenvalue weighted by Crippen LogP contribution is -2.46. The zero-order chi connectivity index (χ0) is 36.4. The molecule has 1 unspecified atom stereocenters. The van der Waals surface area contributed by atoms with Crippen molar-refractivity contribution in [2.24, 2.45) is 17.3 Å². The molecule has 274 valence electrons. The van der Waals surface area contributed by atoms with Crippen molar-refractivity contribution in [2.45, 2.75) is 101 Å². The summed E-state index contributed by atoms with van der Waals surface area (Å²) < 4.78 is 52.7. The molecule has 1 aromatic carbocycles. The van der Waals surface area contributed by atoms with Gasteiger partial charge in [-0.3, -0.25) is 28.8 Å². The van der Waals surface area contributed by atoms with Crippen LogP contribution in [0.25, 0.3) is 0 Å². The highest BCUT2D eigenvalue weighted by Gasteiger charge is 2.61. The third kappa shape index (κ3) is 6.62. The van der Waals surface area contributed by atoms with Crippen molar-refractivity contribution in [1.29, 1.82) is 0 Å². The summed E-state index contributed by atoms with van der Waals surface area (Å²) >= 11 is 0. The van der Waals surface area contributed by atoms with Crippen molar-refractivity contribution in [1.82, 2.24) is 19.4 Å². The summed E-state index contributed by atoms with van der Waals surface area (Å²) in [5.41, 5.74) is -0.302. The molecule has 4 heterocycles. The number of esters is 1. The van der Waals surface area contributed by atoms with Crippen molar-refractivity contribution < 1.29 is 51.0 Å². The van der Waals surface area contributed by atoms with Crippen LogP contribution in [-0.2, 0) is 56.6 Å². The van der Waals surface area contributed by atoms with Gasteiger partial charge in [-0.1, -0.05) is 25.1 Å². The van der Waals surface area contributed by atoms with E-state index in [4.69, 9.17) is 9.47 Å². The predicted molar refractivity (Wildman–Crippen MR) is 175 cm³/mol. The zero-order valence-electron chi connectivity index (χ0n) is 28.3. The number of sulfonamides is 1. The molecule has 16 heteroatoms. The number of carbonyl (C=O) groups excluding carboxylic acids is 6. The molecule has 2 aliphatic carbocycles. The smallest absolute Gasteiger partial charge is 0.410 e. The van der Waals surface area contributed by atoms with E-state index >= 15 is 0 Å². The number of Topliss-reactive ketones (excluding diaryl/α,β-unsaturated/α-hetero) is 1. The molecule has 0 spiro atoms. The molecule has 14 nitrogen and oxygen atoms in total. The number of benzene rings is 1. The summed E-state index contributed by atoms with van der Waals surface area (Å²) in [4.78, 5) is 83.8. The van der Waals surface area contributed by atoms with Crippen LogP contribution in [0.4, 0.5) is 9.18 Å². The van der Waals surface area contributed by atoms with Crippen LogP contribution in [0.1, 0.15) is 69.4 Å². The quantitative estimate of drug-likeness (QED) is 0.247. The van der Waals surface area contributed by atoms with Crippen molar-refractivity contribution >= 4 is 45.6 Å². The van der Waals surface area contributed by atoms with Crippen LogP contribution in [0.3, 0.4) is 0 Å². The highest BCUT2D eigenvalue weighted by Crippen LogP contribution is 2.57. The van der Waals surface area contributed by atoms with Gasteiger partial charge in [-0.05, 0) is 43.2 Å². The molecule has 6 aliphatic rings. The number of allylic oxidation sites excluding steroid dienone is 1. The second kappa shape index (κ2) is 13.0. The first-order chi connectivity index (χ1) is 24.2. The second-order valence-electron chi connectivity index (χ2n) is 14.8. The molecular formula is C35H41FN4O10S. The minimum absolute atomic E-state index is 0.00427. The van der Waals surface area contributed by atoms with E-state index in [1.807, 2.05) is 0 Å². The number of nitrogens with zero attached hydrogens (tertiary/aromatic N) is 3. The third-order valence-electron chi connectivity index (χ3n) is 11.3. The Morgan fingerprint density at radius 2 is 1.90 bits per heavy atom. The van der Waals surface area contributed by atoms with Crippen molar-refractivity contribution in [3.8, 4) is 0 Å². The number of rotatable bonds is 12. The Morgan fingerprint density at radius 3 is 2.55 bits per heavy atom. The first kappa shape index (κ1) is 35.1. The highest BCUT2D eigenvalue weighted by molar-refractivity contribution is 7.90. The van der Waals surface area contributed by atoms with Gasteiger partial charge in [0.2, 0.25) is 27.7 Å². The standard InChI is InChI=1S/C35H41FN4O10S/c1-3-21-13-35(21,33(45)37-51(47,48)24-8-9-24)14-29(41)27-11-23(50-34(46)38-15-20-5-4-6-26(36)25(20)18-38)17-40(27)31(43)19(2)7-10-30(42)39-16-22-12-28(39)32(44)49-22/h3-6,19,21-24,27-28H,1,7-18H2,2H3,(H,37,45)/t19-,21+,22-,23?,27-,28-,35+/m0/s1. The Balaban J connectivity index is 1.04. The molecule has 1 N–H and O–H groups in total. The molecule has 2 bridgehead atoms. The van der Waals surface area contributed by atoms with E-state index < -0.39 is 86.2 Å². The van der Waals surface area contributed by atoms with E-state index in [1.165, 1.54) is 26.8 Å². The number of hydrogen-bond donors (Lipinski definition) is 1. The van der Waals surface area contributed by atoms with Gasteiger partial charge in [0.15, 0.2) is 5.78 Å². The summed E-state index contributed by atoms with van der Waals surface area (Å²) in [7, 11) is -3.88. The van der Waals surface area contributed by atoms with E-state index in [0.717, 1.165) is 0 Å². The van der Waals surface area contributed by atoms with Crippen LogP contribution >= 0.6 is 0 Å². The summed E-state index contributed by atoms with van der Waals surface area (Å²) in [6, 6.07) is 2.88.